The summed E-state index contributed by atoms with van der Waals surface area (Å²) in [4.78, 5) is 6.45. The fraction of sp³-hybridized carbons (Fsp3) is 0.111. The van der Waals surface area contributed by atoms with Gasteiger partial charge in [0, 0.05) is 4.47 Å². The van der Waals surface area contributed by atoms with Crippen molar-refractivity contribution in [3.05, 3.63) is 28.0 Å². The molecule has 0 aromatic heterocycles. The second kappa shape index (κ2) is 5.43. The number of hydrogen-bond acceptors (Lipinski definition) is 1. The van der Waals surface area contributed by atoms with Crippen molar-refractivity contribution in [1.29, 1.82) is 0 Å². The summed E-state index contributed by atoms with van der Waals surface area (Å²) < 4.78 is 51.7. The SMILES string of the molecule is NC(N)=NC(N)=Nc1c(F)cc(Br)cc1C(F)(F)F. The molecule has 0 bridgehead atoms. The predicted molar refractivity (Wildman–Crippen MR) is 66.2 cm³/mol. The van der Waals surface area contributed by atoms with E-state index in [4.69, 9.17) is 17.2 Å². The van der Waals surface area contributed by atoms with Crippen molar-refractivity contribution in [2.24, 2.45) is 27.2 Å². The molecule has 0 spiro atoms. The summed E-state index contributed by atoms with van der Waals surface area (Å²) in [7, 11) is 0. The average molecular weight is 342 g/mol. The monoisotopic (exact) mass is 341 g/mol. The van der Waals surface area contributed by atoms with E-state index in [0.717, 1.165) is 6.07 Å². The summed E-state index contributed by atoms with van der Waals surface area (Å²) >= 11 is 2.76. The minimum absolute atomic E-state index is 0.0864. The third kappa shape index (κ3) is 4.09. The highest BCUT2D eigenvalue weighted by molar-refractivity contribution is 9.10. The first-order valence-electron chi connectivity index (χ1n) is 4.61. The van der Waals surface area contributed by atoms with E-state index in [9.17, 15) is 17.6 Å². The van der Waals surface area contributed by atoms with Crippen molar-refractivity contribution in [2.75, 3.05) is 0 Å². The van der Waals surface area contributed by atoms with Crippen LogP contribution in [0.15, 0.2) is 26.6 Å². The standard InChI is InChI=1S/C9H8BrF4N5/c10-3-1-4(9(12,13)14)6(5(11)2-3)18-8(17)19-7(15)16/h1-2H,(H6,15,16,17,18,19). The van der Waals surface area contributed by atoms with Crippen LogP contribution in [-0.4, -0.2) is 11.9 Å². The predicted octanol–water partition coefficient (Wildman–Crippen LogP) is 1.83. The number of hydrogen-bond donors (Lipinski definition) is 3. The molecule has 1 aromatic carbocycles. The lowest BCUT2D eigenvalue weighted by atomic mass is 10.1. The Bertz CT molecular complexity index is 548. The average Bonchev–Trinajstić information content (AvgIpc) is 2.18. The molecule has 0 aliphatic rings. The molecule has 0 radical (unpaired) electrons. The Morgan fingerprint density at radius 2 is 1.74 bits per heavy atom. The van der Waals surface area contributed by atoms with Crippen molar-refractivity contribution in [3.8, 4) is 0 Å². The second-order valence-corrected chi connectivity index (χ2v) is 4.20. The number of halogens is 5. The molecule has 1 rings (SSSR count). The molecular formula is C9H8BrF4N5. The minimum atomic E-state index is -4.80. The lowest BCUT2D eigenvalue weighted by molar-refractivity contribution is -0.137. The maximum atomic E-state index is 13.5. The molecule has 6 N–H and O–H groups in total. The number of guanidine groups is 2. The molecule has 10 heteroatoms. The maximum absolute atomic E-state index is 13.5. The van der Waals surface area contributed by atoms with Gasteiger partial charge in [0.1, 0.15) is 5.69 Å². The zero-order valence-electron chi connectivity index (χ0n) is 9.17. The van der Waals surface area contributed by atoms with Gasteiger partial charge < -0.3 is 17.2 Å². The van der Waals surface area contributed by atoms with Crippen LogP contribution >= 0.6 is 15.9 Å². The topological polar surface area (TPSA) is 103 Å². The van der Waals surface area contributed by atoms with E-state index in [1.165, 1.54) is 0 Å². The van der Waals surface area contributed by atoms with E-state index in [2.05, 4.69) is 25.9 Å². The molecule has 5 nitrogen and oxygen atoms in total. The van der Waals surface area contributed by atoms with Crippen LogP contribution in [-0.2, 0) is 6.18 Å². The van der Waals surface area contributed by atoms with Crippen LogP contribution in [0, 0.1) is 5.82 Å². The molecule has 0 aliphatic heterocycles. The summed E-state index contributed by atoms with van der Waals surface area (Å²) in [5.74, 6) is -2.41. The van der Waals surface area contributed by atoms with E-state index in [-0.39, 0.29) is 4.47 Å². The van der Waals surface area contributed by atoms with Crippen molar-refractivity contribution < 1.29 is 17.6 Å². The van der Waals surface area contributed by atoms with Crippen LogP contribution in [0.5, 0.6) is 0 Å². The first-order valence-corrected chi connectivity index (χ1v) is 5.40. The Balaban J connectivity index is 3.47. The first kappa shape index (κ1) is 15.2. The maximum Gasteiger partial charge on any atom is 0.418 e. The Kier molecular flexibility index (Phi) is 4.35. The van der Waals surface area contributed by atoms with E-state index < -0.39 is 35.2 Å². The van der Waals surface area contributed by atoms with E-state index >= 15 is 0 Å². The van der Waals surface area contributed by atoms with Gasteiger partial charge in [-0.25, -0.2) is 9.38 Å². The third-order valence-corrected chi connectivity index (χ3v) is 2.26. The van der Waals surface area contributed by atoms with Gasteiger partial charge in [-0.05, 0) is 12.1 Å². The van der Waals surface area contributed by atoms with Crippen molar-refractivity contribution in [3.63, 3.8) is 0 Å². The molecule has 0 saturated heterocycles. The number of alkyl halides is 3. The molecule has 0 heterocycles. The highest BCUT2D eigenvalue weighted by Crippen LogP contribution is 2.39. The number of nitrogens with two attached hydrogens (primary N) is 3. The lowest BCUT2D eigenvalue weighted by Crippen LogP contribution is -2.26. The molecule has 0 aliphatic carbocycles. The molecule has 0 fully saturated rings. The van der Waals surface area contributed by atoms with Gasteiger partial charge in [0.05, 0.1) is 5.56 Å². The molecule has 0 saturated carbocycles. The summed E-state index contributed by atoms with van der Waals surface area (Å²) in [5.41, 5.74) is 12.8. The van der Waals surface area contributed by atoms with Gasteiger partial charge >= 0.3 is 6.18 Å². The Morgan fingerprint density at radius 1 is 1.16 bits per heavy atom. The quantitative estimate of drug-likeness (QED) is 0.412. The molecule has 104 valence electrons. The zero-order chi connectivity index (χ0) is 14.8. The number of rotatable bonds is 1. The van der Waals surface area contributed by atoms with Gasteiger partial charge in [0.25, 0.3) is 0 Å². The van der Waals surface area contributed by atoms with Crippen LogP contribution in [0.1, 0.15) is 5.56 Å². The van der Waals surface area contributed by atoms with Crippen LogP contribution in [0.3, 0.4) is 0 Å². The summed E-state index contributed by atoms with van der Waals surface area (Å²) in [6.07, 6.45) is -4.80. The molecular weight excluding hydrogens is 334 g/mol. The van der Waals surface area contributed by atoms with E-state index in [1.54, 1.807) is 0 Å². The van der Waals surface area contributed by atoms with Crippen LogP contribution in [0.4, 0.5) is 23.2 Å². The van der Waals surface area contributed by atoms with E-state index in [0.29, 0.717) is 6.07 Å². The highest BCUT2D eigenvalue weighted by Gasteiger charge is 2.35. The van der Waals surface area contributed by atoms with Gasteiger partial charge in [-0.2, -0.15) is 18.2 Å². The minimum Gasteiger partial charge on any atom is -0.370 e. The summed E-state index contributed by atoms with van der Waals surface area (Å²) in [6, 6.07) is 1.49. The zero-order valence-corrected chi connectivity index (χ0v) is 10.8. The largest absolute Gasteiger partial charge is 0.418 e. The van der Waals surface area contributed by atoms with Crippen molar-refractivity contribution in [2.45, 2.75) is 6.18 Å². The number of nitrogens with zero attached hydrogens (tertiary/aromatic N) is 2. The smallest absolute Gasteiger partial charge is 0.370 e. The fourth-order valence-corrected chi connectivity index (χ4v) is 1.60. The van der Waals surface area contributed by atoms with Gasteiger partial charge in [-0.3, -0.25) is 0 Å². The molecule has 19 heavy (non-hydrogen) atoms. The lowest BCUT2D eigenvalue weighted by Gasteiger charge is -2.11. The normalized spacial score (nSPS) is 12.4. The summed E-state index contributed by atoms with van der Waals surface area (Å²) in [5, 5.41) is 0. The van der Waals surface area contributed by atoms with Crippen LogP contribution in [0.2, 0.25) is 0 Å². The van der Waals surface area contributed by atoms with Gasteiger partial charge in [0.15, 0.2) is 11.8 Å². The van der Waals surface area contributed by atoms with Gasteiger partial charge in [-0.1, -0.05) is 15.9 Å². The van der Waals surface area contributed by atoms with Crippen molar-refractivity contribution >= 4 is 33.5 Å². The fourth-order valence-electron chi connectivity index (χ4n) is 1.17. The Hall–Kier alpha value is -1.84. The van der Waals surface area contributed by atoms with Crippen LogP contribution < -0.4 is 17.2 Å². The number of aliphatic imine (C=N–C) groups is 2. The Labute approximate surface area is 113 Å². The van der Waals surface area contributed by atoms with Gasteiger partial charge in [-0.15, -0.1) is 0 Å². The Morgan fingerprint density at radius 3 is 2.21 bits per heavy atom. The summed E-state index contributed by atoms with van der Waals surface area (Å²) in [6.45, 7) is 0. The van der Waals surface area contributed by atoms with Crippen LogP contribution in [0.25, 0.3) is 0 Å². The second-order valence-electron chi connectivity index (χ2n) is 3.29. The van der Waals surface area contributed by atoms with Gasteiger partial charge in [0.2, 0.25) is 5.96 Å². The molecule has 0 amide bonds. The van der Waals surface area contributed by atoms with E-state index in [1.807, 2.05) is 0 Å². The molecule has 1 aromatic rings. The number of benzene rings is 1. The molecule has 0 atom stereocenters. The van der Waals surface area contributed by atoms with Crippen molar-refractivity contribution in [1.82, 2.24) is 0 Å². The third-order valence-electron chi connectivity index (χ3n) is 1.80. The highest BCUT2D eigenvalue weighted by atomic mass is 79.9. The molecule has 0 unspecified atom stereocenters. The first-order chi connectivity index (χ1) is 8.61.